The SMILES string of the molecule is COc1ccccc1N1CCN(C(=O)c2ccc(Cl)c(S(=O)(=O)NC(C)(C)C)c2)CC1. The number of ether oxygens (including phenoxy) is 1. The minimum Gasteiger partial charge on any atom is -0.495 e. The zero-order valence-electron chi connectivity index (χ0n) is 18.2. The number of nitrogens with zero attached hydrogens (tertiary/aromatic N) is 2. The van der Waals surface area contributed by atoms with Gasteiger partial charge in [0, 0.05) is 37.3 Å². The molecule has 3 rings (SSSR count). The number of hydrogen-bond acceptors (Lipinski definition) is 5. The average molecular weight is 466 g/mol. The molecule has 1 N–H and O–H groups in total. The Balaban J connectivity index is 1.76. The summed E-state index contributed by atoms with van der Waals surface area (Å²) in [4.78, 5) is 16.9. The summed E-state index contributed by atoms with van der Waals surface area (Å²) in [6.45, 7) is 7.56. The average Bonchev–Trinajstić information content (AvgIpc) is 2.72. The number of carbonyl (C=O) groups excluding carboxylic acids is 1. The highest BCUT2D eigenvalue weighted by molar-refractivity contribution is 7.89. The van der Waals surface area contributed by atoms with Crippen LogP contribution in [0.1, 0.15) is 31.1 Å². The standard InChI is InChI=1S/C22H28ClN3O4S/c1-22(2,3)24-31(28,29)20-15-16(9-10-17(20)23)21(27)26-13-11-25(12-14-26)18-7-5-6-8-19(18)30-4/h5-10,15,24H,11-14H2,1-4H3. The number of hydrogen-bond donors (Lipinski definition) is 1. The second-order valence-electron chi connectivity index (χ2n) is 8.45. The number of piperazine rings is 1. The summed E-state index contributed by atoms with van der Waals surface area (Å²) >= 11 is 6.15. The number of rotatable bonds is 5. The fourth-order valence-corrected chi connectivity index (χ4v) is 5.47. The van der Waals surface area contributed by atoms with Crippen molar-refractivity contribution in [2.75, 3.05) is 38.2 Å². The number of sulfonamides is 1. The van der Waals surface area contributed by atoms with Gasteiger partial charge in [-0.2, -0.15) is 0 Å². The van der Waals surface area contributed by atoms with E-state index in [1.165, 1.54) is 12.1 Å². The lowest BCUT2D eigenvalue weighted by Crippen LogP contribution is -2.49. The van der Waals surface area contributed by atoms with Crippen molar-refractivity contribution in [1.29, 1.82) is 0 Å². The number of anilines is 1. The van der Waals surface area contributed by atoms with Crippen LogP contribution in [-0.4, -0.2) is 58.1 Å². The van der Waals surface area contributed by atoms with Crippen LogP contribution in [-0.2, 0) is 10.0 Å². The summed E-state index contributed by atoms with van der Waals surface area (Å²) in [5.41, 5.74) is 0.617. The topological polar surface area (TPSA) is 79.0 Å². The van der Waals surface area contributed by atoms with Crippen LogP contribution in [0.2, 0.25) is 5.02 Å². The largest absolute Gasteiger partial charge is 0.495 e. The van der Waals surface area contributed by atoms with E-state index in [9.17, 15) is 13.2 Å². The Kier molecular flexibility index (Phi) is 6.83. The molecule has 1 aliphatic heterocycles. The van der Waals surface area contributed by atoms with Crippen LogP contribution in [0.4, 0.5) is 5.69 Å². The van der Waals surface area contributed by atoms with Gasteiger partial charge in [-0.15, -0.1) is 0 Å². The van der Waals surface area contributed by atoms with Crippen molar-refractivity contribution in [3.8, 4) is 5.75 Å². The van der Waals surface area contributed by atoms with Crippen LogP contribution in [0.25, 0.3) is 0 Å². The maximum absolute atomic E-state index is 13.1. The van der Waals surface area contributed by atoms with E-state index < -0.39 is 15.6 Å². The fraction of sp³-hybridized carbons (Fsp3) is 0.409. The molecule has 2 aromatic carbocycles. The molecule has 0 saturated carbocycles. The lowest BCUT2D eigenvalue weighted by molar-refractivity contribution is 0.0746. The normalized spacial score (nSPS) is 15.1. The third-order valence-electron chi connectivity index (χ3n) is 4.90. The molecular formula is C22H28ClN3O4S. The maximum atomic E-state index is 13.1. The van der Waals surface area contributed by atoms with Gasteiger partial charge in [0.15, 0.2) is 0 Å². The molecule has 2 aromatic rings. The van der Waals surface area contributed by atoms with Gasteiger partial charge >= 0.3 is 0 Å². The molecule has 0 spiro atoms. The van der Waals surface area contributed by atoms with Crippen LogP contribution >= 0.6 is 11.6 Å². The molecule has 0 radical (unpaired) electrons. The predicted octanol–water partition coefficient (Wildman–Crippen LogP) is 3.39. The summed E-state index contributed by atoms with van der Waals surface area (Å²) in [5.74, 6) is 0.574. The fourth-order valence-electron chi connectivity index (χ4n) is 3.52. The summed E-state index contributed by atoms with van der Waals surface area (Å²) in [6, 6.07) is 12.2. The molecule has 0 bridgehead atoms. The number of para-hydroxylation sites is 2. The Labute approximate surface area is 189 Å². The number of benzene rings is 2. The van der Waals surface area contributed by atoms with Crippen molar-refractivity contribution in [2.24, 2.45) is 0 Å². The van der Waals surface area contributed by atoms with Gasteiger partial charge < -0.3 is 14.5 Å². The Morgan fingerprint density at radius 3 is 2.32 bits per heavy atom. The van der Waals surface area contributed by atoms with Gasteiger partial charge in [0.2, 0.25) is 10.0 Å². The van der Waals surface area contributed by atoms with Crippen molar-refractivity contribution in [3.05, 3.63) is 53.1 Å². The van der Waals surface area contributed by atoms with E-state index >= 15 is 0 Å². The van der Waals surface area contributed by atoms with Crippen LogP contribution in [0.3, 0.4) is 0 Å². The lowest BCUT2D eigenvalue weighted by Gasteiger charge is -2.36. The molecule has 7 nitrogen and oxygen atoms in total. The van der Waals surface area contributed by atoms with Crippen molar-refractivity contribution in [3.63, 3.8) is 0 Å². The maximum Gasteiger partial charge on any atom is 0.254 e. The summed E-state index contributed by atoms with van der Waals surface area (Å²) in [7, 11) is -2.22. The Bertz CT molecular complexity index is 1060. The highest BCUT2D eigenvalue weighted by atomic mass is 35.5. The van der Waals surface area contributed by atoms with Crippen LogP contribution < -0.4 is 14.4 Å². The first-order valence-electron chi connectivity index (χ1n) is 10.0. The van der Waals surface area contributed by atoms with Crippen LogP contribution in [0.15, 0.2) is 47.4 Å². The quantitative estimate of drug-likeness (QED) is 0.732. The second kappa shape index (κ2) is 9.06. The van der Waals surface area contributed by atoms with Crippen molar-refractivity contribution in [2.45, 2.75) is 31.2 Å². The molecular weight excluding hydrogens is 438 g/mol. The van der Waals surface area contributed by atoms with Crippen LogP contribution in [0.5, 0.6) is 5.75 Å². The van der Waals surface area contributed by atoms with E-state index in [1.807, 2.05) is 24.3 Å². The minimum atomic E-state index is -3.86. The Hall–Kier alpha value is -2.29. The molecule has 9 heteroatoms. The number of methoxy groups -OCH3 is 1. The number of nitrogens with one attached hydrogen (secondary N) is 1. The van der Waals surface area contributed by atoms with Gasteiger partial charge in [-0.25, -0.2) is 13.1 Å². The molecule has 1 aliphatic rings. The van der Waals surface area contributed by atoms with Gasteiger partial charge in [-0.1, -0.05) is 23.7 Å². The van der Waals surface area contributed by atoms with Gasteiger partial charge in [-0.05, 0) is 51.1 Å². The van der Waals surface area contributed by atoms with Gasteiger partial charge in [0.05, 0.1) is 17.8 Å². The number of halogens is 1. The van der Waals surface area contributed by atoms with E-state index in [4.69, 9.17) is 16.3 Å². The molecule has 1 saturated heterocycles. The molecule has 1 heterocycles. The van der Waals surface area contributed by atoms with E-state index in [0.717, 1.165) is 11.4 Å². The van der Waals surface area contributed by atoms with Crippen molar-refractivity contribution in [1.82, 2.24) is 9.62 Å². The first-order valence-corrected chi connectivity index (χ1v) is 11.9. The Morgan fingerprint density at radius 1 is 1.06 bits per heavy atom. The third kappa shape index (κ3) is 5.50. The molecule has 0 aromatic heterocycles. The van der Waals surface area contributed by atoms with Gasteiger partial charge in [0.1, 0.15) is 10.6 Å². The zero-order valence-corrected chi connectivity index (χ0v) is 19.8. The zero-order chi connectivity index (χ0) is 22.8. The van der Waals surface area contributed by atoms with Gasteiger partial charge in [-0.3, -0.25) is 4.79 Å². The third-order valence-corrected chi connectivity index (χ3v) is 7.14. The molecule has 1 amide bonds. The number of carbonyl (C=O) groups is 1. The van der Waals surface area contributed by atoms with E-state index in [1.54, 1.807) is 38.8 Å². The summed E-state index contributed by atoms with van der Waals surface area (Å²) < 4.78 is 33.5. The van der Waals surface area contributed by atoms with Crippen molar-refractivity contribution < 1.29 is 17.9 Å². The van der Waals surface area contributed by atoms with E-state index in [-0.39, 0.29) is 15.8 Å². The first-order chi connectivity index (χ1) is 14.5. The smallest absolute Gasteiger partial charge is 0.254 e. The molecule has 0 unspecified atom stereocenters. The molecule has 0 aliphatic carbocycles. The van der Waals surface area contributed by atoms with Crippen LogP contribution in [0, 0.1) is 0 Å². The first kappa shape index (κ1) is 23.4. The molecule has 1 fully saturated rings. The molecule has 31 heavy (non-hydrogen) atoms. The van der Waals surface area contributed by atoms with E-state index in [0.29, 0.717) is 31.7 Å². The molecule has 0 atom stereocenters. The molecule has 168 valence electrons. The van der Waals surface area contributed by atoms with E-state index in [2.05, 4.69) is 9.62 Å². The monoisotopic (exact) mass is 465 g/mol. The number of amides is 1. The van der Waals surface area contributed by atoms with Gasteiger partial charge in [0.25, 0.3) is 5.91 Å². The lowest BCUT2D eigenvalue weighted by atomic mass is 10.1. The minimum absolute atomic E-state index is 0.0780. The summed E-state index contributed by atoms with van der Waals surface area (Å²) in [5, 5.41) is 0.0780. The highest BCUT2D eigenvalue weighted by Gasteiger charge is 2.28. The summed E-state index contributed by atoms with van der Waals surface area (Å²) in [6.07, 6.45) is 0. The Morgan fingerprint density at radius 2 is 1.71 bits per heavy atom. The second-order valence-corrected chi connectivity index (χ2v) is 10.5. The highest BCUT2D eigenvalue weighted by Crippen LogP contribution is 2.29. The van der Waals surface area contributed by atoms with Crippen molar-refractivity contribution >= 4 is 33.2 Å². The predicted molar refractivity (Wildman–Crippen MR) is 123 cm³/mol.